The topological polar surface area (TPSA) is 41.9 Å². The van der Waals surface area contributed by atoms with E-state index < -0.39 is 5.60 Å². The maximum atomic E-state index is 11.3. The number of hydrogen-bond donors (Lipinski definition) is 0. The summed E-state index contributed by atoms with van der Waals surface area (Å²) in [5, 5.41) is 5.43. The van der Waals surface area contributed by atoms with Gasteiger partial charge in [-0.15, -0.1) is 0 Å². The first-order chi connectivity index (χ1) is 12.3. The number of hydrogen-bond acceptors (Lipinski definition) is 3. The fraction of sp³-hybridized carbons (Fsp3) is 0.300. The van der Waals surface area contributed by atoms with Crippen LogP contribution in [0.4, 0.5) is 0 Å². The second-order valence-corrected chi connectivity index (χ2v) is 7.64. The Morgan fingerprint density at radius 1 is 1.19 bits per heavy atom. The Hall–Kier alpha value is -2.04. The molecule has 1 amide bonds. The van der Waals surface area contributed by atoms with Gasteiger partial charge in [-0.1, -0.05) is 52.6 Å². The van der Waals surface area contributed by atoms with Gasteiger partial charge in [0.05, 0.1) is 5.71 Å². The fourth-order valence-corrected chi connectivity index (χ4v) is 3.42. The van der Waals surface area contributed by atoms with Gasteiger partial charge in [0, 0.05) is 42.5 Å². The van der Waals surface area contributed by atoms with Gasteiger partial charge in [0.15, 0.2) is 5.60 Å². The van der Waals surface area contributed by atoms with Crippen molar-refractivity contribution in [1.82, 2.24) is 4.90 Å². The third-order valence-electron chi connectivity index (χ3n) is 4.58. The lowest BCUT2D eigenvalue weighted by Crippen LogP contribution is -2.23. The summed E-state index contributed by atoms with van der Waals surface area (Å²) in [6.07, 6.45) is 0.621. The van der Waals surface area contributed by atoms with Crippen LogP contribution in [0.3, 0.4) is 0 Å². The minimum atomic E-state index is -0.600. The van der Waals surface area contributed by atoms with Gasteiger partial charge in [0.1, 0.15) is 0 Å². The van der Waals surface area contributed by atoms with Crippen LogP contribution in [-0.4, -0.2) is 23.6 Å². The summed E-state index contributed by atoms with van der Waals surface area (Å²) in [5.41, 5.74) is 3.23. The first-order valence-electron chi connectivity index (χ1n) is 8.29. The Morgan fingerprint density at radius 2 is 1.81 bits per heavy atom. The van der Waals surface area contributed by atoms with E-state index in [0.29, 0.717) is 23.0 Å². The third-order valence-corrected chi connectivity index (χ3v) is 5.02. The van der Waals surface area contributed by atoms with Gasteiger partial charge < -0.3 is 9.74 Å². The molecular formula is C20H20Cl2N2O2. The summed E-state index contributed by atoms with van der Waals surface area (Å²) in [4.78, 5) is 18.8. The highest BCUT2D eigenvalue weighted by Gasteiger charge is 2.37. The van der Waals surface area contributed by atoms with E-state index in [0.717, 1.165) is 22.4 Å². The lowest BCUT2D eigenvalue weighted by Gasteiger charge is -2.22. The molecule has 1 atom stereocenters. The van der Waals surface area contributed by atoms with Crippen LogP contribution < -0.4 is 0 Å². The van der Waals surface area contributed by atoms with Crippen LogP contribution in [0.25, 0.3) is 0 Å². The molecule has 0 spiro atoms. The van der Waals surface area contributed by atoms with Gasteiger partial charge in [-0.05, 0) is 36.2 Å². The highest BCUT2D eigenvalue weighted by molar-refractivity contribution is 6.34. The van der Waals surface area contributed by atoms with Gasteiger partial charge in [-0.3, -0.25) is 4.79 Å². The van der Waals surface area contributed by atoms with Crippen molar-refractivity contribution >= 4 is 34.8 Å². The summed E-state index contributed by atoms with van der Waals surface area (Å²) in [6.45, 7) is 4.11. The van der Waals surface area contributed by atoms with Crippen LogP contribution in [0.2, 0.25) is 10.0 Å². The molecule has 0 radical (unpaired) electrons. The van der Waals surface area contributed by atoms with E-state index in [4.69, 9.17) is 28.0 Å². The molecule has 4 nitrogen and oxygen atoms in total. The summed E-state index contributed by atoms with van der Waals surface area (Å²) < 4.78 is 0. The number of rotatable bonds is 4. The number of halogens is 2. The molecule has 1 aliphatic heterocycles. The second-order valence-electron chi connectivity index (χ2n) is 6.77. The molecule has 2 aromatic rings. The summed E-state index contributed by atoms with van der Waals surface area (Å²) >= 11 is 12.2. The molecule has 0 N–H and O–H groups in total. The van der Waals surface area contributed by atoms with Crippen LogP contribution in [0.1, 0.15) is 37.0 Å². The lowest BCUT2D eigenvalue weighted by atomic mass is 9.89. The van der Waals surface area contributed by atoms with Gasteiger partial charge >= 0.3 is 0 Å². The first-order valence-corrected chi connectivity index (χ1v) is 9.05. The molecule has 3 rings (SSSR count). The number of carbonyl (C=O) groups excluding carboxylic acids is 1. The fourth-order valence-electron chi connectivity index (χ4n) is 2.90. The minimum absolute atomic E-state index is 0.0404. The zero-order valence-corrected chi connectivity index (χ0v) is 16.4. The molecule has 0 aliphatic carbocycles. The van der Waals surface area contributed by atoms with E-state index >= 15 is 0 Å². The molecule has 0 saturated carbocycles. The molecular weight excluding hydrogens is 371 g/mol. The van der Waals surface area contributed by atoms with Crippen molar-refractivity contribution in [3.8, 4) is 0 Å². The number of nitrogens with zero attached hydrogens (tertiary/aromatic N) is 2. The van der Waals surface area contributed by atoms with Crippen LogP contribution in [0.15, 0.2) is 47.6 Å². The Kier molecular flexibility index (Phi) is 5.26. The maximum absolute atomic E-state index is 11.3. The van der Waals surface area contributed by atoms with Crippen LogP contribution in [0, 0.1) is 0 Å². The average molecular weight is 391 g/mol. The van der Waals surface area contributed by atoms with E-state index in [2.05, 4.69) is 5.16 Å². The van der Waals surface area contributed by atoms with Gasteiger partial charge in [-0.25, -0.2) is 0 Å². The maximum Gasteiger partial charge on any atom is 0.219 e. The van der Waals surface area contributed by atoms with Crippen molar-refractivity contribution in [3.63, 3.8) is 0 Å². The molecule has 0 aromatic heterocycles. The van der Waals surface area contributed by atoms with Crippen molar-refractivity contribution in [3.05, 3.63) is 69.2 Å². The molecule has 0 bridgehead atoms. The Bertz CT molecular complexity index is 844. The van der Waals surface area contributed by atoms with E-state index in [1.165, 1.54) is 0 Å². The third kappa shape index (κ3) is 4.02. The molecule has 1 heterocycles. The highest BCUT2D eigenvalue weighted by Crippen LogP contribution is 2.38. The number of benzene rings is 2. The van der Waals surface area contributed by atoms with E-state index in [9.17, 15) is 4.79 Å². The monoisotopic (exact) mass is 390 g/mol. The number of carbonyl (C=O) groups is 1. The summed E-state index contributed by atoms with van der Waals surface area (Å²) in [5.74, 6) is 0.0404. The Labute approximate surface area is 163 Å². The molecule has 26 heavy (non-hydrogen) atoms. The van der Waals surface area contributed by atoms with Crippen molar-refractivity contribution in [2.45, 2.75) is 32.4 Å². The van der Waals surface area contributed by atoms with E-state index in [-0.39, 0.29) is 5.91 Å². The zero-order valence-electron chi connectivity index (χ0n) is 14.9. The quantitative estimate of drug-likeness (QED) is 0.735. The van der Waals surface area contributed by atoms with Crippen molar-refractivity contribution in [2.75, 3.05) is 7.05 Å². The number of amides is 1. The van der Waals surface area contributed by atoms with Gasteiger partial charge in [0.2, 0.25) is 5.91 Å². The molecule has 0 fully saturated rings. The Balaban J connectivity index is 1.74. The van der Waals surface area contributed by atoms with Crippen molar-refractivity contribution in [1.29, 1.82) is 0 Å². The second kappa shape index (κ2) is 7.29. The predicted octanol–water partition coefficient (Wildman–Crippen LogP) is 5.01. The van der Waals surface area contributed by atoms with Gasteiger partial charge in [0.25, 0.3) is 0 Å². The van der Waals surface area contributed by atoms with Crippen molar-refractivity contribution in [2.24, 2.45) is 5.16 Å². The molecule has 136 valence electrons. The smallest absolute Gasteiger partial charge is 0.219 e. The highest BCUT2D eigenvalue weighted by atomic mass is 35.5. The van der Waals surface area contributed by atoms with Crippen LogP contribution >= 0.6 is 23.2 Å². The minimum Gasteiger partial charge on any atom is -0.384 e. The zero-order chi connectivity index (χ0) is 18.9. The molecule has 2 aromatic carbocycles. The molecule has 1 aliphatic rings. The van der Waals surface area contributed by atoms with E-state index in [1.54, 1.807) is 24.9 Å². The van der Waals surface area contributed by atoms with Crippen LogP contribution in [0.5, 0.6) is 0 Å². The normalized spacial score (nSPS) is 19.0. The predicted molar refractivity (Wildman–Crippen MR) is 105 cm³/mol. The summed E-state index contributed by atoms with van der Waals surface area (Å²) in [7, 11) is 1.78. The van der Waals surface area contributed by atoms with Crippen LogP contribution in [-0.2, 0) is 21.8 Å². The lowest BCUT2D eigenvalue weighted by molar-refractivity contribution is -0.128. The SMILES string of the molecule is CC(=O)N(C)Cc1ccc(C2=NOC(C)(c3cc(Cl)cc(Cl)c3)C2)cc1. The molecule has 0 saturated heterocycles. The molecule has 1 unspecified atom stereocenters. The van der Waals surface area contributed by atoms with E-state index in [1.807, 2.05) is 43.3 Å². The summed E-state index contributed by atoms with van der Waals surface area (Å²) in [6, 6.07) is 13.4. The average Bonchev–Trinajstić information content (AvgIpc) is 2.98. The Morgan fingerprint density at radius 3 is 2.38 bits per heavy atom. The first kappa shape index (κ1) is 18.7. The number of oxime groups is 1. The standard InChI is InChI=1S/C20H20Cl2N2O2/c1-13(25)24(3)12-14-4-6-15(7-5-14)19-11-20(2,26-23-19)16-8-17(21)10-18(22)9-16/h4-10H,11-12H2,1-3H3. The van der Waals surface area contributed by atoms with Gasteiger partial charge in [-0.2, -0.15) is 0 Å². The van der Waals surface area contributed by atoms with Crippen molar-refractivity contribution < 1.29 is 9.63 Å². The largest absolute Gasteiger partial charge is 0.384 e. The molecule has 6 heteroatoms.